The van der Waals surface area contributed by atoms with Gasteiger partial charge in [0.1, 0.15) is 23.7 Å². The average molecular weight is 510 g/mol. The van der Waals surface area contributed by atoms with Gasteiger partial charge in [0, 0.05) is 35.8 Å². The van der Waals surface area contributed by atoms with Gasteiger partial charge in [0.15, 0.2) is 0 Å². The SMILES string of the molecule is CN(C/C=C/C(=O)Nc1cc2c(Nc3ccc(F)c(Cl)c3)ncnc2cc1OC1CCCC1)C1CC1. The lowest BCUT2D eigenvalue weighted by Crippen LogP contribution is -2.21. The molecule has 5 rings (SSSR count). The number of rotatable bonds is 9. The molecule has 0 aliphatic heterocycles. The zero-order valence-electron chi connectivity index (χ0n) is 20.1. The van der Waals surface area contributed by atoms with Crippen molar-refractivity contribution in [2.45, 2.75) is 50.7 Å². The second kappa shape index (κ2) is 10.8. The van der Waals surface area contributed by atoms with Crippen LogP contribution in [-0.4, -0.2) is 46.5 Å². The normalized spacial score (nSPS) is 16.2. The molecule has 2 N–H and O–H groups in total. The van der Waals surface area contributed by atoms with E-state index in [1.165, 1.54) is 31.3 Å². The molecule has 0 radical (unpaired) electrons. The van der Waals surface area contributed by atoms with Gasteiger partial charge in [-0.1, -0.05) is 17.7 Å². The van der Waals surface area contributed by atoms with Crippen LogP contribution < -0.4 is 15.4 Å². The lowest BCUT2D eigenvalue weighted by Gasteiger charge is -2.18. The molecule has 188 valence electrons. The van der Waals surface area contributed by atoms with Gasteiger partial charge >= 0.3 is 0 Å². The first-order chi connectivity index (χ1) is 17.5. The number of ether oxygens (including phenoxy) is 1. The topological polar surface area (TPSA) is 79.4 Å². The van der Waals surface area contributed by atoms with Crippen molar-refractivity contribution >= 4 is 45.6 Å². The smallest absolute Gasteiger partial charge is 0.248 e. The van der Waals surface area contributed by atoms with Gasteiger partial charge in [0.05, 0.1) is 22.3 Å². The molecule has 2 saturated carbocycles. The van der Waals surface area contributed by atoms with Gasteiger partial charge in [0.25, 0.3) is 0 Å². The maximum Gasteiger partial charge on any atom is 0.248 e. The lowest BCUT2D eigenvalue weighted by atomic mass is 10.1. The summed E-state index contributed by atoms with van der Waals surface area (Å²) in [6, 6.07) is 8.65. The van der Waals surface area contributed by atoms with Crippen molar-refractivity contribution in [3.63, 3.8) is 0 Å². The molecule has 2 fully saturated rings. The van der Waals surface area contributed by atoms with Crippen LogP contribution in [0.25, 0.3) is 10.9 Å². The van der Waals surface area contributed by atoms with Crippen LogP contribution in [0.1, 0.15) is 38.5 Å². The van der Waals surface area contributed by atoms with Crippen LogP contribution >= 0.6 is 11.6 Å². The van der Waals surface area contributed by atoms with E-state index >= 15 is 0 Å². The minimum absolute atomic E-state index is 0.0117. The first-order valence-corrected chi connectivity index (χ1v) is 12.7. The van der Waals surface area contributed by atoms with Crippen molar-refractivity contribution in [3.05, 3.63) is 59.7 Å². The third kappa shape index (κ3) is 5.94. The molecule has 36 heavy (non-hydrogen) atoms. The van der Waals surface area contributed by atoms with Crippen LogP contribution in [0.3, 0.4) is 0 Å². The standard InChI is InChI=1S/C27H29ClFN5O2/c1-34(18-9-10-18)12-4-7-26(35)33-24-14-20-23(15-25(24)36-19-5-2-3-6-19)30-16-31-27(20)32-17-8-11-22(29)21(28)13-17/h4,7-8,11,13-16,18-19H,2-3,5-6,9-10,12H2,1H3,(H,33,35)(H,30,31,32)/b7-4+. The summed E-state index contributed by atoms with van der Waals surface area (Å²) in [6.45, 7) is 0.726. The van der Waals surface area contributed by atoms with Crippen molar-refractivity contribution in [2.24, 2.45) is 0 Å². The number of nitrogens with one attached hydrogen (secondary N) is 2. The van der Waals surface area contributed by atoms with Crippen molar-refractivity contribution in [1.82, 2.24) is 14.9 Å². The summed E-state index contributed by atoms with van der Waals surface area (Å²) in [5, 5.41) is 6.85. The molecule has 3 aromatic rings. The van der Waals surface area contributed by atoms with E-state index in [4.69, 9.17) is 16.3 Å². The van der Waals surface area contributed by atoms with E-state index in [-0.39, 0.29) is 17.0 Å². The third-order valence-electron chi connectivity index (χ3n) is 6.61. The Morgan fingerprint density at radius 2 is 2.00 bits per heavy atom. The van der Waals surface area contributed by atoms with Gasteiger partial charge in [-0.2, -0.15) is 0 Å². The Kier molecular flexibility index (Phi) is 7.34. The second-order valence-corrected chi connectivity index (χ2v) is 9.84. The number of hydrogen-bond acceptors (Lipinski definition) is 6. The summed E-state index contributed by atoms with van der Waals surface area (Å²) in [7, 11) is 2.07. The third-order valence-corrected chi connectivity index (χ3v) is 6.90. The number of likely N-dealkylation sites (N-methyl/N-ethyl adjacent to an activating group) is 1. The zero-order chi connectivity index (χ0) is 25.1. The minimum atomic E-state index is -0.496. The Morgan fingerprint density at radius 1 is 1.19 bits per heavy atom. The van der Waals surface area contributed by atoms with Crippen LogP contribution in [0, 0.1) is 5.82 Å². The van der Waals surface area contributed by atoms with Gasteiger partial charge in [-0.15, -0.1) is 0 Å². The van der Waals surface area contributed by atoms with Gasteiger partial charge in [-0.25, -0.2) is 14.4 Å². The number of hydrogen-bond donors (Lipinski definition) is 2. The number of nitrogens with zero attached hydrogens (tertiary/aromatic N) is 3. The molecule has 0 bridgehead atoms. The Hall–Kier alpha value is -3.23. The summed E-state index contributed by atoms with van der Waals surface area (Å²) in [6.07, 6.45) is 11.7. The maximum atomic E-state index is 13.6. The Labute approximate surface area is 214 Å². The highest BCUT2D eigenvalue weighted by Gasteiger charge is 2.25. The summed E-state index contributed by atoms with van der Waals surface area (Å²) in [5.74, 6) is 0.365. The highest BCUT2D eigenvalue weighted by molar-refractivity contribution is 6.31. The van der Waals surface area contributed by atoms with Crippen molar-refractivity contribution < 1.29 is 13.9 Å². The zero-order valence-corrected chi connectivity index (χ0v) is 20.9. The fourth-order valence-corrected chi connectivity index (χ4v) is 4.62. The lowest BCUT2D eigenvalue weighted by molar-refractivity contribution is -0.111. The van der Waals surface area contributed by atoms with Crippen LogP contribution in [0.5, 0.6) is 5.75 Å². The van der Waals surface area contributed by atoms with E-state index in [9.17, 15) is 9.18 Å². The number of carbonyl (C=O) groups excluding carboxylic acids is 1. The molecular weight excluding hydrogens is 481 g/mol. The van der Waals surface area contributed by atoms with E-state index < -0.39 is 5.82 Å². The summed E-state index contributed by atoms with van der Waals surface area (Å²) >= 11 is 5.94. The van der Waals surface area contributed by atoms with Crippen LogP contribution in [0.2, 0.25) is 5.02 Å². The molecule has 2 aliphatic rings. The number of amides is 1. The largest absolute Gasteiger partial charge is 0.488 e. The molecule has 1 heterocycles. The van der Waals surface area contributed by atoms with E-state index in [0.717, 1.165) is 32.2 Å². The molecular formula is C27H29ClFN5O2. The van der Waals surface area contributed by atoms with E-state index in [0.29, 0.717) is 39.9 Å². The molecule has 0 unspecified atom stereocenters. The van der Waals surface area contributed by atoms with E-state index in [1.807, 2.05) is 18.2 Å². The molecule has 7 nitrogen and oxygen atoms in total. The number of carbonyl (C=O) groups is 1. The average Bonchev–Trinajstić information content (AvgIpc) is 3.59. The number of anilines is 3. The van der Waals surface area contributed by atoms with E-state index in [1.54, 1.807) is 12.1 Å². The molecule has 1 aromatic heterocycles. The molecule has 1 amide bonds. The fraction of sp³-hybridized carbons (Fsp3) is 0.370. The van der Waals surface area contributed by atoms with Crippen LogP contribution in [0.15, 0.2) is 48.8 Å². The van der Waals surface area contributed by atoms with E-state index in [2.05, 4.69) is 32.5 Å². The first kappa shape index (κ1) is 24.5. The number of benzene rings is 2. The van der Waals surface area contributed by atoms with Crippen LogP contribution in [-0.2, 0) is 4.79 Å². The molecule has 0 spiro atoms. The van der Waals surface area contributed by atoms with Gasteiger partial charge < -0.3 is 15.4 Å². The van der Waals surface area contributed by atoms with Crippen molar-refractivity contribution in [1.29, 1.82) is 0 Å². The number of fused-ring (bicyclic) bond motifs is 1. The fourth-order valence-electron chi connectivity index (χ4n) is 4.44. The summed E-state index contributed by atoms with van der Waals surface area (Å²) in [5.41, 5.74) is 1.80. The van der Waals surface area contributed by atoms with Gasteiger partial charge in [-0.05, 0) is 69.8 Å². The Bertz CT molecular complexity index is 1290. The summed E-state index contributed by atoms with van der Waals surface area (Å²) < 4.78 is 19.9. The van der Waals surface area contributed by atoms with Gasteiger partial charge in [0.2, 0.25) is 5.91 Å². The predicted molar refractivity (Wildman–Crippen MR) is 141 cm³/mol. The quantitative estimate of drug-likeness (QED) is 0.340. The Balaban J connectivity index is 1.42. The van der Waals surface area contributed by atoms with Crippen LogP contribution in [0.4, 0.5) is 21.6 Å². The highest BCUT2D eigenvalue weighted by Crippen LogP contribution is 2.36. The number of aromatic nitrogens is 2. The molecule has 0 atom stereocenters. The molecule has 9 heteroatoms. The summed E-state index contributed by atoms with van der Waals surface area (Å²) in [4.78, 5) is 23.8. The minimum Gasteiger partial charge on any atom is -0.488 e. The van der Waals surface area contributed by atoms with Crippen molar-refractivity contribution in [2.75, 3.05) is 24.2 Å². The number of halogens is 2. The second-order valence-electron chi connectivity index (χ2n) is 9.43. The Morgan fingerprint density at radius 3 is 2.75 bits per heavy atom. The predicted octanol–water partition coefficient (Wildman–Crippen LogP) is 6.08. The maximum absolute atomic E-state index is 13.6. The first-order valence-electron chi connectivity index (χ1n) is 12.3. The molecule has 0 saturated heterocycles. The molecule has 2 aromatic carbocycles. The van der Waals surface area contributed by atoms with Crippen molar-refractivity contribution in [3.8, 4) is 5.75 Å². The highest BCUT2D eigenvalue weighted by atomic mass is 35.5. The monoisotopic (exact) mass is 509 g/mol. The molecule has 2 aliphatic carbocycles. The van der Waals surface area contributed by atoms with Gasteiger partial charge in [-0.3, -0.25) is 9.69 Å².